The molecule has 33 heavy (non-hydrogen) atoms. The fraction of sp³-hybridized carbons (Fsp3) is 0.348. The third kappa shape index (κ3) is 4.19. The Balaban J connectivity index is 1.36. The van der Waals surface area contributed by atoms with Crippen LogP contribution in [0.2, 0.25) is 0 Å². The van der Waals surface area contributed by atoms with Gasteiger partial charge in [-0.15, -0.1) is 11.3 Å². The van der Waals surface area contributed by atoms with Gasteiger partial charge in [0.1, 0.15) is 23.1 Å². The highest BCUT2D eigenvalue weighted by Crippen LogP contribution is 2.39. The number of H-pyrrole nitrogens is 1. The Morgan fingerprint density at radius 3 is 3.18 bits per heavy atom. The number of hydrogen-bond acceptors (Lipinski definition) is 8. The van der Waals surface area contributed by atoms with E-state index in [2.05, 4.69) is 31.6 Å². The lowest BCUT2D eigenvalue weighted by atomic mass is 9.94. The van der Waals surface area contributed by atoms with E-state index in [1.54, 1.807) is 28.8 Å². The number of hydrogen-bond donors (Lipinski definition) is 2. The van der Waals surface area contributed by atoms with Gasteiger partial charge in [0, 0.05) is 35.5 Å². The standard InChI is InChI=1S/C23H23N7O2S/c1-2-30(9-3-8-24)23(31)32-16-5-6-17-19(11-16)33-22-20(17)21(25-13-26-22)28-15-4-7-18-14(10-15)12-27-29-18/h4,7,10,12-13,16H,2-3,5-6,9,11H2,1H3,(H,27,29)(H,25,26,28). The SMILES string of the molecule is CCN(CCC#N)C(=O)OC1CCc2c(sc3ncnc(Nc4ccc5[nH]ncc5c4)c23)C1. The maximum absolute atomic E-state index is 12.5. The summed E-state index contributed by atoms with van der Waals surface area (Å²) < 4.78 is 5.78. The van der Waals surface area contributed by atoms with Crippen LogP contribution in [0.5, 0.6) is 0 Å². The number of amides is 1. The minimum absolute atomic E-state index is 0.179. The lowest BCUT2D eigenvalue weighted by molar-refractivity contribution is 0.0589. The molecule has 1 aliphatic rings. The number of anilines is 2. The van der Waals surface area contributed by atoms with Crippen molar-refractivity contribution in [2.24, 2.45) is 0 Å². The summed E-state index contributed by atoms with van der Waals surface area (Å²) in [5.41, 5.74) is 3.14. The number of nitrogens with one attached hydrogen (secondary N) is 2. The van der Waals surface area contributed by atoms with Gasteiger partial charge < -0.3 is 15.0 Å². The number of fused-ring (bicyclic) bond motifs is 4. The van der Waals surface area contributed by atoms with E-state index in [0.29, 0.717) is 25.9 Å². The summed E-state index contributed by atoms with van der Waals surface area (Å²) in [7, 11) is 0. The van der Waals surface area contributed by atoms with Crippen LogP contribution in [-0.2, 0) is 17.6 Å². The van der Waals surface area contributed by atoms with Gasteiger partial charge in [0.2, 0.25) is 0 Å². The minimum Gasteiger partial charge on any atom is -0.446 e. The summed E-state index contributed by atoms with van der Waals surface area (Å²) >= 11 is 1.63. The van der Waals surface area contributed by atoms with E-state index in [1.165, 1.54) is 10.4 Å². The molecule has 0 saturated carbocycles. The molecule has 2 N–H and O–H groups in total. The van der Waals surface area contributed by atoms with Crippen LogP contribution in [0.1, 0.15) is 30.2 Å². The molecule has 1 aliphatic carbocycles. The second-order valence-corrected chi connectivity index (χ2v) is 9.02. The molecule has 5 rings (SSSR count). The minimum atomic E-state index is -0.348. The Morgan fingerprint density at radius 1 is 1.42 bits per heavy atom. The van der Waals surface area contributed by atoms with Crippen LogP contribution in [0.25, 0.3) is 21.1 Å². The van der Waals surface area contributed by atoms with E-state index in [4.69, 9.17) is 10.00 Å². The topological polar surface area (TPSA) is 120 Å². The van der Waals surface area contributed by atoms with Gasteiger partial charge in [-0.1, -0.05) is 0 Å². The molecule has 1 amide bonds. The molecule has 1 aromatic carbocycles. The fourth-order valence-electron chi connectivity index (χ4n) is 4.21. The Morgan fingerprint density at radius 2 is 2.33 bits per heavy atom. The van der Waals surface area contributed by atoms with Crippen molar-refractivity contribution in [3.63, 3.8) is 0 Å². The molecule has 3 heterocycles. The highest BCUT2D eigenvalue weighted by atomic mass is 32.1. The average molecular weight is 462 g/mol. The zero-order chi connectivity index (χ0) is 22.8. The van der Waals surface area contributed by atoms with Crippen LogP contribution >= 0.6 is 11.3 Å². The van der Waals surface area contributed by atoms with Crippen LogP contribution in [0, 0.1) is 11.3 Å². The fourth-order valence-corrected chi connectivity index (χ4v) is 5.46. The molecular weight excluding hydrogens is 438 g/mol. The molecule has 0 fully saturated rings. The molecule has 1 unspecified atom stereocenters. The number of carbonyl (C=O) groups is 1. The summed E-state index contributed by atoms with van der Waals surface area (Å²) in [6, 6.07) is 8.09. The first kappa shape index (κ1) is 21.2. The van der Waals surface area contributed by atoms with Crippen LogP contribution < -0.4 is 5.32 Å². The second-order valence-electron chi connectivity index (χ2n) is 7.94. The van der Waals surface area contributed by atoms with Crippen LogP contribution in [-0.4, -0.2) is 50.4 Å². The Kier molecular flexibility index (Phi) is 5.79. The Hall–Kier alpha value is -3.71. The van der Waals surface area contributed by atoms with Gasteiger partial charge in [-0.3, -0.25) is 5.10 Å². The van der Waals surface area contributed by atoms with E-state index >= 15 is 0 Å². The maximum atomic E-state index is 12.5. The molecule has 3 aromatic heterocycles. The number of aryl methyl sites for hydroxylation is 1. The smallest absolute Gasteiger partial charge is 0.410 e. The van der Waals surface area contributed by atoms with Gasteiger partial charge in [0.25, 0.3) is 0 Å². The summed E-state index contributed by atoms with van der Waals surface area (Å²) in [5.74, 6) is 0.782. The number of benzene rings is 1. The van der Waals surface area contributed by atoms with E-state index < -0.39 is 0 Å². The van der Waals surface area contributed by atoms with Gasteiger partial charge in [-0.25, -0.2) is 14.8 Å². The molecule has 0 aliphatic heterocycles. The predicted octanol–water partition coefficient (Wildman–Crippen LogP) is 4.54. The molecule has 0 bridgehead atoms. The van der Waals surface area contributed by atoms with E-state index in [-0.39, 0.29) is 12.2 Å². The summed E-state index contributed by atoms with van der Waals surface area (Å²) in [5, 5.41) is 21.3. The largest absolute Gasteiger partial charge is 0.446 e. The monoisotopic (exact) mass is 461 g/mol. The Bertz CT molecular complexity index is 1360. The van der Waals surface area contributed by atoms with Gasteiger partial charge >= 0.3 is 6.09 Å². The third-order valence-electron chi connectivity index (χ3n) is 5.90. The molecule has 168 valence electrons. The zero-order valence-electron chi connectivity index (χ0n) is 18.2. The quantitative estimate of drug-likeness (QED) is 0.432. The maximum Gasteiger partial charge on any atom is 0.410 e. The first-order valence-electron chi connectivity index (χ1n) is 10.9. The van der Waals surface area contributed by atoms with Crippen molar-refractivity contribution in [3.05, 3.63) is 41.2 Å². The van der Waals surface area contributed by atoms with Crippen molar-refractivity contribution in [2.45, 2.75) is 38.7 Å². The molecule has 10 heteroatoms. The van der Waals surface area contributed by atoms with E-state index in [1.807, 2.05) is 25.1 Å². The highest BCUT2D eigenvalue weighted by molar-refractivity contribution is 7.19. The number of aromatic amines is 1. The first-order chi connectivity index (χ1) is 16.2. The van der Waals surface area contributed by atoms with Crippen molar-refractivity contribution in [2.75, 3.05) is 18.4 Å². The molecule has 4 aromatic rings. The highest BCUT2D eigenvalue weighted by Gasteiger charge is 2.28. The number of nitriles is 1. The van der Waals surface area contributed by atoms with Crippen molar-refractivity contribution < 1.29 is 9.53 Å². The van der Waals surface area contributed by atoms with E-state index in [0.717, 1.165) is 45.5 Å². The molecular formula is C23H23N7O2S. The second kappa shape index (κ2) is 9.03. The molecule has 1 atom stereocenters. The molecule has 9 nitrogen and oxygen atoms in total. The number of aromatic nitrogens is 4. The number of nitrogens with zero attached hydrogens (tertiary/aromatic N) is 5. The third-order valence-corrected chi connectivity index (χ3v) is 7.07. The Labute approximate surface area is 194 Å². The summed E-state index contributed by atoms with van der Waals surface area (Å²) in [6.45, 7) is 2.81. The molecule has 0 spiro atoms. The number of carbonyl (C=O) groups excluding carboxylic acids is 1. The predicted molar refractivity (Wildman–Crippen MR) is 127 cm³/mol. The van der Waals surface area contributed by atoms with Gasteiger partial charge in [-0.2, -0.15) is 10.4 Å². The first-order valence-corrected chi connectivity index (χ1v) is 11.8. The van der Waals surface area contributed by atoms with E-state index in [9.17, 15) is 4.79 Å². The van der Waals surface area contributed by atoms with Crippen LogP contribution in [0.15, 0.2) is 30.7 Å². The van der Waals surface area contributed by atoms with Crippen molar-refractivity contribution in [3.8, 4) is 6.07 Å². The lowest BCUT2D eigenvalue weighted by Gasteiger charge is -2.26. The van der Waals surface area contributed by atoms with Crippen molar-refractivity contribution in [1.29, 1.82) is 5.26 Å². The summed E-state index contributed by atoms with van der Waals surface area (Å²) in [6.07, 6.45) is 5.35. The van der Waals surface area contributed by atoms with Gasteiger partial charge in [0.05, 0.1) is 29.6 Å². The number of ether oxygens (including phenoxy) is 1. The van der Waals surface area contributed by atoms with Gasteiger partial charge in [0.15, 0.2) is 0 Å². The summed E-state index contributed by atoms with van der Waals surface area (Å²) in [4.78, 5) is 25.2. The number of rotatable bonds is 6. The van der Waals surface area contributed by atoms with Crippen LogP contribution in [0.4, 0.5) is 16.3 Å². The zero-order valence-corrected chi connectivity index (χ0v) is 19.0. The molecule has 0 saturated heterocycles. The van der Waals surface area contributed by atoms with Crippen molar-refractivity contribution >= 4 is 50.1 Å². The molecule has 0 radical (unpaired) electrons. The lowest BCUT2D eigenvalue weighted by Crippen LogP contribution is -2.36. The average Bonchev–Trinajstić information content (AvgIpc) is 3.43. The number of thiophene rings is 1. The normalized spacial score (nSPS) is 15.2. The van der Waals surface area contributed by atoms with Gasteiger partial charge in [-0.05, 0) is 43.5 Å². The van der Waals surface area contributed by atoms with Crippen LogP contribution in [0.3, 0.4) is 0 Å². The van der Waals surface area contributed by atoms with Crippen molar-refractivity contribution in [1.82, 2.24) is 25.1 Å².